The van der Waals surface area contributed by atoms with Crippen LogP contribution in [0.2, 0.25) is 0 Å². The van der Waals surface area contributed by atoms with Crippen LogP contribution in [0.4, 0.5) is 8.78 Å². The Morgan fingerprint density at radius 1 is 1.25 bits per heavy atom. The van der Waals surface area contributed by atoms with E-state index in [2.05, 4.69) is 15.7 Å². The minimum Gasteiger partial charge on any atom is -0.351 e. The van der Waals surface area contributed by atoms with Crippen LogP contribution < -0.4 is 10.6 Å². The van der Waals surface area contributed by atoms with Gasteiger partial charge in [-0.2, -0.15) is 5.10 Å². The predicted octanol–water partition coefficient (Wildman–Crippen LogP) is 1.98. The Bertz CT molecular complexity index is 757. The minimum atomic E-state index is -0.923. The number of benzene rings is 1. The molecule has 7 heteroatoms. The van der Waals surface area contributed by atoms with Crippen LogP contribution in [0.3, 0.4) is 0 Å². The van der Waals surface area contributed by atoms with Crippen LogP contribution in [0.1, 0.15) is 34.6 Å². The molecule has 2 N–H and O–H groups in total. The Hall–Kier alpha value is -2.28. The maximum absolute atomic E-state index is 13.5. The summed E-state index contributed by atoms with van der Waals surface area (Å²) in [7, 11) is 1.86. The van der Waals surface area contributed by atoms with Crippen molar-refractivity contribution in [1.29, 1.82) is 0 Å². The molecule has 5 nitrogen and oxygen atoms in total. The lowest BCUT2D eigenvalue weighted by atomic mass is 10.2. The van der Waals surface area contributed by atoms with Crippen molar-refractivity contribution in [2.45, 2.75) is 25.7 Å². The zero-order chi connectivity index (χ0) is 17.1. The Morgan fingerprint density at radius 2 is 2.08 bits per heavy atom. The first-order valence-electron chi connectivity index (χ1n) is 8.11. The van der Waals surface area contributed by atoms with E-state index in [1.807, 2.05) is 7.05 Å². The van der Waals surface area contributed by atoms with Crippen molar-refractivity contribution in [3.63, 3.8) is 0 Å². The molecule has 0 aliphatic heterocycles. The van der Waals surface area contributed by atoms with Gasteiger partial charge in [0, 0.05) is 23.9 Å². The number of nitrogens with one attached hydrogen (secondary N) is 2. The molecule has 0 unspecified atom stereocenters. The summed E-state index contributed by atoms with van der Waals surface area (Å²) < 4.78 is 28.2. The van der Waals surface area contributed by atoms with Crippen molar-refractivity contribution < 1.29 is 13.6 Å². The number of hydrogen-bond acceptors (Lipinski definition) is 3. The van der Waals surface area contributed by atoms with Gasteiger partial charge in [-0.25, -0.2) is 13.5 Å². The molecule has 0 saturated heterocycles. The summed E-state index contributed by atoms with van der Waals surface area (Å²) in [4.78, 5) is 12.4. The smallest absolute Gasteiger partial charge is 0.272 e. The number of fused-ring (bicyclic) bond motifs is 1. The van der Waals surface area contributed by atoms with Crippen LogP contribution in [0, 0.1) is 11.6 Å². The van der Waals surface area contributed by atoms with Gasteiger partial charge in [0.15, 0.2) is 17.3 Å². The average Bonchev–Trinajstić information content (AvgIpc) is 3.16. The third kappa shape index (κ3) is 3.17. The van der Waals surface area contributed by atoms with Gasteiger partial charge in [0.05, 0.1) is 5.69 Å². The first-order chi connectivity index (χ1) is 11.6. The molecule has 1 aromatic heterocycles. The molecule has 128 valence electrons. The molecule has 0 spiro atoms. The van der Waals surface area contributed by atoms with Gasteiger partial charge in [-0.05, 0) is 51.4 Å². The molecule has 1 aliphatic rings. The summed E-state index contributed by atoms with van der Waals surface area (Å²) in [6.45, 7) is 1.38. The van der Waals surface area contributed by atoms with E-state index >= 15 is 0 Å². The molecule has 1 aromatic carbocycles. The fraction of sp³-hybridized carbons (Fsp3) is 0.412. The van der Waals surface area contributed by atoms with Gasteiger partial charge < -0.3 is 10.6 Å². The third-order valence-electron chi connectivity index (χ3n) is 4.18. The number of hydrogen-bond donors (Lipinski definition) is 2. The van der Waals surface area contributed by atoms with Gasteiger partial charge in [0.2, 0.25) is 0 Å². The predicted molar refractivity (Wildman–Crippen MR) is 86.4 cm³/mol. The molecule has 0 saturated carbocycles. The second-order valence-electron chi connectivity index (χ2n) is 5.85. The van der Waals surface area contributed by atoms with Crippen molar-refractivity contribution in [2.24, 2.45) is 0 Å². The fourth-order valence-electron chi connectivity index (χ4n) is 3.00. The van der Waals surface area contributed by atoms with Crippen LogP contribution in [0.5, 0.6) is 0 Å². The van der Waals surface area contributed by atoms with E-state index in [9.17, 15) is 13.6 Å². The molecule has 0 radical (unpaired) electrons. The molecular formula is C17H20F2N4O. The van der Waals surface area contributed by atoms with Crippen LogP contribution >= 0.6 is 0 Å². The third-order valence-corrected chi connectivity index (χ3v) is 4.18. The highest BCUT2D eigenvalue weighted by Crippen LogP contribution is 2.28. The van der Waals surface area contributed by atoms with Gasteiger partial charge >= 0.3 is 0 Å². The summed E-state index contributed by atoms with van der Waals surface area (Å²) in [6, 6.07) is 3.65. The van der Waals surface area contributed by atoms with Crippen molar-refractivity contribution in [3.8, 4) is 5.69 Å². The van der Waals surface area contributed by atoms with Crippen LogP contribution in [0.25, 0.3) is 5.69 Å². The molecule has 1 aliphatic carbocycles. The summed E-state index contributed by atoms with van der Waals surface area (Å²) in [5.74, 6) is -2.04. The van der Waals surface area contributed by atoms with Crippen molar-refractivity contribution >= 4 is 5.91 Å². The van der Waals surface area contributed by atoms with Gasteiger partial charge in [0.1, 0.15) is 0 Å². The topological polar surface area (TPSA) is 58.9 Å². The normalized spacial score (nSPS) is 13.1. The summed E-state index contributed by atoms with van der Waals surface area (Å²) >= 11 is 0. The van der Waals surface area contributed by atoms with Gasteiger partial charge in [0.25, 0.3) is 5.91 Å². The maximum atomic E-state index is 13.5. The largest absolute Gasteiger partial charge is 0.351 e. The zero-order valence-corrected chi connectivity index (χ0v) is 13.5. The number of aromatic nitrogens is 2. The highest BCUT2D eigenvalue weighted by molar-refractivity contribution is 5.94. The van der Waals surface area contributed by atoms with E-state index in [1.165, 1.54) is 6.07 Å². The number of carbonyl (C=O) groups is 1. The molecule has 0 fully saturated rings. The highest BCUT2D eigenvalue weighted by Gasteiger charge is 2.27. The molecule has 3 rings (SSSR count). The summed E-state index contributed by atoms with van der Waals surface area (Å²) in [5, 5.41) is 10.3. The quantitative estimate of drug-likeness (QED) is 0.794. The van der Waals surface area contributed by atoms with E-state index in [4.69, 9.17) is 0 Å². The molecular weight excluding hydrogens is 314 g/mol. The second-order valence-corrected chi connectivity index (χ2v) is 5.85. The second kappa shape index (κ2) is 7.09. The molecule has 0 atom stereocenters. The van der Waals surface area contributed by atoms with Gasteiger partial charge in [-0.3, -0.25) is 4.79 Å². The Morgan fingerprint density at radius 3 is 2.83 bits per heavy atom. The lowest BCUT2D eigenvalue weighted by Gasteiger charge is -2.06. The Labute approximate surface area is 139 Å². The van der Waals surface area contributed by atoms with E-state index < -0.39 is 11.6 Å². The Kier molecular flexibility index (Phi) is 4.89. The minimum absolute atomic E-state index is 0.217. The monoisotopic (exact) mass is 334 g/mol. The van der Waals surface area contributed by atoms with Crippen LogP contribution in [0.15, 0.2) is 18.2 Å². The SMILES string of the molecule is CNCCCNC(=O)c1nn(-c2ccc(F)c(F)c2)c2c1CCC2. The number of halogens is 2. The van der Waals surface area contributed by atoms with Crippen molar-refractivity contribution in [1.82, 2.24) is 20.4 Å². The van der Waals surface area contributed by atoms with E-state index in [1.54, 1.807) is 4.68 Å². The number of carbonyl (C=O) groups excluding carboxylic acids is 1. The van der Waals surface area contributed by atoms with Gasteiger partial charge in [-0.1, -0.05) is 0 Å². The molecule has 2 aromatic rings. The maximum Gasteiger partial charge on any atom is 0.272 e. The first-order valence-corrected chi connectivity index (χ1v) is 8.11. The van der Waals surface area contributed by atoms with E-state index in [0.717, 1.165) is 55.6 Å². The fourth-order valence-corrected chi connectivity index (χ4v) is 3.00. The average molecular weight is 334 g/mol. The summed E-state index contributed by atoms with van der Waals surface area (Å²) in [6.07, 6.45) is 3.30. The molecule has 24 heavy (non-hydrogen) atoms. The Balaban J connectivity index is 1.87. The lowest BCUT2D eigenvalue weighted by Crippen LogP contribution is -2.27. The van der Waals surface area contributed by atoms with Crippen molar-refractivity contribution in [3.05, 3.63) is 46.8 Å². The standard InChI is InChI=1S/C17H20F2N4O/c1-20-8-3-9-21-17(24)16-12-4-2-5-15(12)23(22-16)11-6-7-13(18)14(19)10-11/h6-7,10,20H,2-5,8-9H2,1H3,(H,21,24). The van der Waals surface area contributed by atoms with E-state index in [0.29, 0.717) is 17.9 Å². The van der Waals surface area contributed by atoms with Crippen molar-refractivity contribution in [2.75, 3.05) is 20.1 Å². The summed E-state index contributed by atoms with van der Waals surface area (Å²) in [5.41, 5.74) is 2.63. The number of rotatable bonds is 6. The molecule has 1 heterocycles. The lowest BCUT2D eigenvalue weighted by molar-refractivity contribution is 0.0947. The molecule has 0 bridgehead atoms. The first kappa shape index (κ1) is 16.6. The number of amides is 1. The van der Waals surface area contributed by atoms with Gasteiger partial charge in [-0.15, -0.1) is 0 Å². The number of nitrogens with zero attached hydrogens (tertiary/aromatic N) is 2. The van der Waals surface area contributed by atoms with Crippen LogP contribution in [-0.4, -0.2) is 35.8 Å². The zero-order valence-electron chi connectivity index (χ0n) is 13.5. The van der Waals surface area contributed by atoms with Crippen LogP contribution in [-0.2, 0) is 12.8 Å². The molecule has 1 amide bonds. The van der Waals surface area contributed by atoms with E-state index in [-0.39, 0.29) is 5.91 Å². The highest BCUT2D eigenvalue weighted by atomic mass is 19.2.